The Hall–Kier alpha value is -1.21. The van der Waals surface area contributed by atoms with Gasteiger partial charge < -0.3 is 30.0 Å². The van der Waals surface area contributed by atoms with Crippen LogP contribution in [0.4, 0.5) is 4.39 Å². The summed E-state index contributed by atoms with van der Waals surface area (Å²) in [6, 6.07) is 2.95. The van der Waals surface area contributed by atoms with Crippen molar-refractivity contribution in [3.05, 3.63) is 29.1 Å². The lowest BCUT2D eigenvalue weighted by atomic mass is 10.1. The van der Waals surface area contributed by atoms with E-state index in [-0.39, 0.29) is 43.1 Å². The topological polar surface area (TPSA) is 87.6 Å². The molecule has 1 saturated heterocycles. The minimum absolute atomic E-state index is 0. The molecule has 1 atom stereocenters. The first-order chi connectivity index (χ1) is 14.5. The van der Waals surface area contributed by atoms with Gasteiger partial charge in [-0.3, -0.25) is 9.89 Å². The highest BCUT2D eigenvalue weighted by Crippen LogP contribution is 2.29. The summed E-state index contributed by atoms with van der Waals surface area (Å²) in [5.41, 5.74) is 0.599. The van der Waals surface area contributed by atoms with Crippen LogP contribution < -0.4 is 15.4 Å². The molecule has 0 saturated carbocycles. The molecule has 0 aromatic heterocycles. The SMILES string of the molecule is CCNC(=NCC(C)(O)CN1CCOCC1)NCCc1cc(F)cc2c1OCOC2.I. The van der Waals surface area contributed by atoms with Gasteiger partial charge in [0.25, 0.3) is 0 Å². The molecule has 2 heterocycles. The number of aliphatic hydroxyl groups is 1. The molecule has 3 N–H and O–H groups in total. The Morgan fingerprint density at radius 2 is 2.03 bits per heavy atom. The first-order valence-electron chi connectivity index (χ1n) is 10.5. The van der Waals surface area contributed by atoms with E-state index in [9.17, 15) is 9.50 Å². The number of nitrogens with one attached hydrogen (secondary N) is 2. The van der Waals surface area contributed by atoms with Gasteiger partial charge in [0.15, 0.2) is 12.8 Å². The number of guanidine groups is 1. The molecule has 0 spiro atoms. The second kappa shape index (κ2) is 12.7. The average molecular weight is 552 g/mol. The Morgan fingerprint density at radius 1 is 1.26 bits per heavy atom. The number of halogens is 2. The summed E-state index contributed by atoms with van der Waals surface area (Å²) in [5, 5.41) is 17.2. The third-order valence-electron chi connectivity index (χ3n) is 5.03. The lowest BCUT2D eigenvalue weighted by molar-refractivity contribution is -0.0180. The Kier molecular flexibility index (Phi) is 10.7. The van der Waals surface area contributed by atoms with Crippen LogP contribution in [0.2, 0.25) is 0 Å². The van der Waals surface area contributed by atoms with E-state index in [2.05, 4.69) is 20.5 Å². The van der Waals surface area contributed by atoms with Crippen molar-refractivity contribution >= 4 is 29.9 Å². The number of hydrogen-bond donors (Lipinski definition) is 3. The van der Waals surface area contributed by atoms with Crippen LogP contribution in [0, 0.1) is 5.82 Å². The van der Waals surface area contributed by atoms with Crippen molar-refractivity contribution < 1.29 is 23.7 Å². The van der Waals surface area contributed by atoms with Crippen molar-refractivity contribution in [2.45, 2.75) is 32.5 Å². The van der Waals surface area contributed by atoms with Crippen LogP contribution in [0.25, 0.3) is 0 Å². The quantitative estimate of drug-likeness (QED) is 0.256. The van der Waals surface area contributed by atoms with E-state index in [1.807, 2.05) is 6.92 Å². The maximum atomic E-state index is 13.9. The summed E-state index contributed by atoms with van der Waals surface area (Å²) in [5.74, 6) is 1.03. The van der Waals surface area contributed by atoms with Crippen LogP contribution >= 0.6 is 24.0 Å². The normalized spacial score (nSPS) is 18.9. The molecule has 10 heteroatoms. The van der Waals surface area contributed by atoms with E-state index in [1.54, 1.807) is 6.92 Å². The first kappa shape index (κ1) is 26.0. The highest BCUT2D eigenvalue weighted by atomic mass is 127. The van der Waals surface area contributed by atoms with Gasteiger partial charge in [-0.2, -0.15) is 0 Å². The van der Waals surface area contributed by atoms with E-state index in [0.717, 1.165) is 24.2 Å². The van der Waals surface area contributed by atoms with Crippen LogP contribution in [-0.4, -0.2) is 80.8 Å². The van der Waals surface area contributed by atoms with Gasteiger partial charge in [-0.25, -0.2) is 4.39 Å². The molecule has 176 valence electrons. The summed E-state index contributed by atoms with van der Waals surface area (Å²) in [7, 11) is 0. The van der Waals surface area contributed by atoms with Gasteiger partial charge in [0.05, 0.1) is 32.0 Å². The number of morpholine rings is 1. The fourth-order valence-corrected chi connectivity index (χ4v) is 3.64. The van der Waals surface area contributed by atoms with Gasteiger partial charge in [0, 0.05) is 38.3 Å². The summed E-state index contributed by atoms with van der Waals surface area (Å²) < 4.78 is 30.1. The number of ether oxygens (including phenoxy) is 3. The fourth-order valence-electron chi connectivity index (χ4n) is 3.64. The minimum Gasteiger partial charge on any atom is -0.467 e. The third kappa shape index (κ3) is 8.33. The average Bonchev–Trinajstić information content (AvgIpc) is 2.72. The van der Waals surface area contributed by atoms with Gasteiger partial charge in [0.1, 0.15) is 11.6 Å². The van der Waals surface area contributed by atoms with Crippen molar-refractivity contribution in [1.82, 2.24) is 15.5 Å². The van der Waals surface area contributed by atoms with Gasteiger partial charge in [-0.15, -0.1) is 24.0 Å². The van der Waals surface area contributed by atoms with Crippen LogP contribution in [0.15, 0.2) is 17.1 Å². The third-order valence-corrected chi connectivity index (χ3v) is 5.03. The van der Waals surface area contributed by atoms with E-state index < -0.39 is 5.60 Å². The van der Waals surface area contributed by atoms with Gasteiger partial charge >= 0.3 is 0 Å². The van der Waals surface area contributed by atoms with E-state index in [0.29, 0.717) is 57.6 Å². The second-order valence-electron chi connectivity index (χ2n) is 7.92. The number of β-amino-alcohol motifs (C(OH)–C–C–N with tert-alkyl or cyclic N) is 1. The zero-order chi connectivity index (χ0) is 21.4. The van der Waals surface area contributed by atoms with Gasteiger partial charge in [0.2, 0.25) is 0 Å². The molecule has 0 amide bonds. The molecule has 0 aliphatic carbocycles. The highest BCUT2D eigenvalue weighted by Gasteiger charge is 2.25. The fraction of sp³-hybridized carbons (Fsp3) is 0.667. The highest BCUT2D eigenvalue weighted by molar-refractivity contribution is 14.0. The number of fused-ring (bicyclic) bond motifs is 1. The Labute approximate surface area is 200 Å². The van der Waals surface area contributed by atoms with Crippen molar-refractivity contribution in [2.24, 2.45) is 4.99 Å². The van der Waals surface area contributed by atoms with Gasteiger partial charge in [-0.1, -0.05) is 0 Å². The number of hydrogen-bond acceptors (Lipinski definition) is 6. The van der Waals surface area contributed by atoms with Crippen LogP contribution in [-0.2, 0) is 22.5 Å². The molecule has 8 nitrogen and oxygen atoms in total. The number of benzene rings is 1. The number of rotatable bonds is 8. The van der Waals surface area contributed by atoms with Crippen LogP contribution in [0.5, 0.6) is 5.75 Å². The van der Waals surface area contributed by atoms with Crippen molar-refractivity contribution in [2.75, 3.05) is 59.3 Å². The van der Waals surface area contributed by atoms with Crippen LogP contribution in [0.3, 0.4) is 0 Å². The molecular weight excluding hydrogens is 518 g/mol. The monoisotopic (exact) mass is 552 g/mol. The summed E-state index contributed by atoms with van der Waals surface area (Å²) >= 11 is 0. The molecule has 3 rings (SSSR count). The van der Waals surface area contributed by atoms with Crippen molar-refractivity contribution in [3.8, 4) is 5.75 Å². The predicted octanol–water partition coefficient (Wildman–Crippen LogP) is 1.49. The predicted molar refractivity (Wildman–Crippen MR) is 128 cm³/mol. The molecule has 0 radical (unpaired) electrons. The summed E-state index contributed by atoms with van der Waals surface area (Å²) in [6.45, 7) is 9.44. The number of nitrogens with zero attached hydrogens (tertiary/aromatic N) is 2. The molecule has 1 unspecified atom stereocenters. The maximum absolute atomic E-state index is 13.9. The lowest BCUT2D eigenvalue weighted by Gasteiger charge is -2.33. The van der Waals surface area contributed by atoms with E-state index in [1.165, 1.54) is 12.1 Å². The minimum atomic E-state index is -0.935. The summed E-state index contributed by atoms with van der Waals surface area (Å²) in [6.07, 6.45) is 0.578. The van der Waals surface area contributed by atoms with Gasteiger partial charge in [-0.05, 0) is 38.0 Å². The molecule has 1 aromatic carbocycles. The van der Waals surface area contributed by atoms with Crippen molar-refractivity contribution in [3.63, 3.8) is 0 Å². The van der Waals surface area contributed by atoms with Crippen LogP contribution in [0.1, 0.15) is 25.0 Å². The maximum Gasteiger partial charge on any atom is 0.191 e. The lowest BCUT2D eigenvalue weighted by Crippen LogP contribution is -2.48. The largest absolute Gasteiger partial charge is 0.467 e. The van der Waals surface area contributed by atoms with Crippen molar-refractivity contribution in [1.29, 1.82) is 0 Å². The molecule has 1 aromatic rings. The van der Waals surface area contributed by atoms with E-state index >= 15 is 0 Å². The number of aliphatic imine (C=N–C) groups is 1. The molecule has 2 aliphatic heterocycles. The molecule has 2 aliphatic rings. The zero-order valence-electron chi connectivity index (χ0n) is 18.3. The second-order valence-corrected chi connectivity index (χ2v) is 7.92. The smallest absolute Gasteiger partial charge is 0.191 e. The Bertz CT molecular complexity index is 730. The van der Waals surface area contributed by atoms with E-state index in [4.69, 9.17) is 14.2 Å². The molecular formula is C21H34FIN4O4. The Morgan fingerprint density at radius 3 is 2.77 bits per heavy atom. The molecule has 1 fully saturated rings. The Balaban J connectivity index is 0.00000341. The first-order valence-corrected chi connectivity index (χ1v) is 10.5. The molecule has 31 heavy (non-hydrogen) atoms. The summed E-state index contributed by atoms with van der Waals surface area (Å²) in [4.78, 5) is 6.74. The zero-order valence-corrected chi connectivity index (χ0v) is 20.6. The molecule has 0 bridgehead atoms. The standard InChI is InChI=1S/C21H33FN4O4.HI/c1-3-23-20(25-13-21(2,27)14-26-6-8-28-9-7-26)24-5-4-16-10-18(22)11-17-12-29-15-30-19(16)17;/h10-11,27H,3-9,12-15H2,1-2H3,(H2,23,24,25);1H.